The van der Waals surface area contributed by atoms with Crippen molar-refractivity contribution in [1.29, 1.82) is 0 Å². The van der Waals surface area contributed by atoms with Gasteiger partial charge in [-0.3, -0.25) is 0 Å². The lowest BCUT2D eigenvalue weighted by Crippen LogP contribution is -2.29. The molecule has 0 radical (unpaired) electrons. The van der Waals surface area contributed by atoms with Crippen LogP contribution in [0.5, 0.6) is 0 Å². The predicted octanol–water partition coefficient (Wildman–Crippen LogP) is 3.73. The molecule has 0 saturated carbocycles. The number of nitrogens with zero attached hydrogens (tertiary/aromatic N) is 1. The van der Waals surface area contributed by atoms with Gasteiger partial charge in [-0.25, -0.2) is 0 Å². The third-order valence-electron chi connectivity index (χ3n) is 3.41. The highest BCUT2D eigenvalue weighted by molar-refractivity contribution is 5.91. The van der Waals surface area contributed by atoms with Gasteiger partial charge < -0.3 is 9.32 Å². The molecule has 0 unspecified atom stereocenters. The van der Waals surface area contributed by atoms with Crippen molar-refractivity contribution in [2.45, 2.75) is 26.2 Å². The quantitative estimate of drug-likeness (QED) is 0.720. The van der Waals surface area contributed by atoms with Gasteiger partial charge in [0.25, 0.3) is 0 Å². The fraction of sp³-hybridized carbons (Fsp3) is 0.429. The predicted molar refractivity (Wildman–Crippen MR) is 67.0 cm³/mol. The van der Waals surface area contributed by atoms with Crippen LogP contribution in [0.1, 0.15) is 24.8 Å². The average Bonchev–Trinajstić information content (AvgIpc) is 2.73. The Morgan fingerprint density at radius 1 is 1.12 bits per heavy atom. The number of fused-ring (bicyclic) bond motifs is 1. The first kappa shape index (κ1) is 9.76. The van der Waals surface area contributed by atoms with Crippen molar-refractivity contribution in [2.75, 3.05) is 18.0 Å². The van der Waals surface area contributed by atoms with Crippen LogP contribution in [0, 0.1) is 6.92 Å². The number of piperidine rings is 1. The van der Waals surface area contributed by atoms with Crippen LogP contribution in [0.4, 0.5) is 5.69 Å². The molecule has 3 rings (SSSR count). The van der Waals surface area contributed by atoms with E-state index in [1.54, 1.807) is 0 Å². The number of rotatable bonds is 1. The maximum Gasteiger partial charge on any atom is 0.136 e. The number of benzene rings is 1. The lowest BCUT2D eigenvalue weighted by Gasteiger charge is -2.27. The Balaban J connectivity index is 2.05. The van der Waals surface area contributed by atoms with E-state index in [1.165, 1.54) is 49.0 Å². The minimum absolute atomic E-state index is 1.01. The summed E-state index contributed by atoms with van der Waals surface area (Å²) in [5.74, 6) is 0. The van der Waals surface area contributed by atoms with Gasteiger partial charge in [0.2, 0.25) is 0 Å². The Morgan fingerprint density at radius 3 is 2.75 bits per heavy atom. The van der Waals surface area contributed by atoms with Gasteiger partial charge in [-0.15, -0.1) is 0 Å². The monoisotopic (exact) mass is 215 g/mol. The van der Waals surface area contributed by atoms with Gasteiger partial charge in [-0.2, -0.15) is 0 Å². The van der Waals surface area contributed by atoms with E-state index in [2.05, 4.69) is 30.0 Å². The Hall–Kier alpha value is -1.44. The summed E-state index contributed by atoms with van der Waals surface area (Å²) in [6.45, 7) is 4.47. The SMILES string of the molecule is Cc1ccc2occ(N3CCCCC3)c2c1. The van der Waals surface area contributed by atoms with E-state index in [4.69, 9.17) is 4.42 Å². The molecule has 0 amide bonds. The van der Waals surface area contributed by atoms with Crippen LogP contribution in [0.25, 0.3) is 11.0 Å². The average molecular weight is 215 g/mol. The second kappa shape index (κ2) is 3.85. The second-order valence-corrected chi connectivity index (χ2v) is 4.67. The van der Waals surface area contributed by atoms with E-state index in [-0.39, 0.29) is 0 Å². The van der Waals surface area contributed by atoms with E-state index in [0.29, 0.717) is 0 Å². The molecule has 2 nitrogen and oxygen atoms in total. The number of furan rings is 1. The highest BCUT2D eigenvalue weighted by atomic mass is 16.3. The molecule has 2 aromatic rings. The molecule has 0 atom stereocenters. The summed E-state index contributed by atoms with van der Waals surface area (Å²) in [7, 11) is 0. The van der Waals surface area contributed by atoms with E-state index >= 15 is 0 Å². The smallest absolute Gasteiger partial charge is 0.136 e. The summed E-state index contributed by atoms with van der Waals surface area (Å²) < 4.78 is 5.62. The van der Waals surface area contributed by atoms with Gasteiger partial charge in [-0.1, -0.05) is 11.6 Å². The standard InChI is InChI=1S/C14H17NO/c1-11-5-6-14-12(9-11)13(10-16-14)15-7-3-2-4-8-15/h5-6,9-10H,2-4,7-8H2,1H3. The molecule has 1 aromatic heterocycles. The summed E-state index contributed by atoms with van der Waals surface area (Å²) in [6, 6.07) is 6.40. The largest absolute Gasteiger partial charge is 0.462 e. The minimum Gasteiger partial charge on any atom is -0.462 e. The van der Waals surface area contributed by atoms with Crippen LogP contribution in [0.3, 0.4) is 0 Å². The summed E-state index contributed by atoms with van der Waals surface area (Å²) in [5, 5.41) is 1.27. The van der Waals surface area contributed by atoms with E-state index < -0.39 is 0 Å². The Labute approximate surface area is 95.9 Å². The van der Waals surface area contributed by atoms with E-state index in [9.17, 15) is 0 Å². The third-order valence-corrected chi connectivity index (χ3v) is 3.41. The molecule has 2 heteroatoms. The lowest BCUT2D eigenvalue weighted by molar-refractivity contribution is 0.569. The number of anilines is 1. The summed E-state index contributed by atoms with van der Waals surface area (Å²) in [5.41, 5.74) is 3.58. The van der Waals surface area contributed by atoms with Crippen molar-refractivity contribution < 1.29 is 4.42 Å². The molecule has 16 heavy (non-hydrogen) atoms. The summed E-state index contributed by atoms with van der Waals surface area (Å²) >= 11 is 0. The topological polar surface area (TPSA) is 16.4 Å². The fourth-order valence-electron chi connectivity index (χ4n) is 2.51. The molecule has 2 heterocycles. The first-order valence-electron chi connectivity index (χ1n) is 6.07. The summed E-state index contributed by atoms with van der Waals surface area (Å²) in [6.07, 6.45) is 5.89. The molecular weight excluding hydrogens is 198 g/mol. The number of aryl methyl sites for hydroxylation is 1. The van der Waals surface area contributed by atoms with E-state index in [0.717, 1.165) is 5.58 Å². The molecule has 1 fully saturated rings. The molecule has 84 valence electrons. The van der Waals surface area contributed by atoms with Crippen molar-refractivity contribution in [3.63, 3.8) is 0 Å². The highest BCUT2D eigenvalue weighted by Crippen LogP contribution is 2.31. The van der Waals surface area contributed by atoms with Crippen LogP contribution >= 0.6 is 0 Å². The molecule has 1 aliphatic rings. The van der Waals surface area contributed by atoms with Crippen LogP contribution in [0.2, 0.25) is 0 Å². The Morgan fingerprint density at radius 2 is 1.94 bits per heavy atom. The molecule has 0 aliphatic carbocycles. The van der Waals surface area contributed by atoms with Crippen molar-refractivity contribution in [3.8, 4) is 0 Å². The maximum absolute atomic E-state index is 5.62. The fourth-order valence-corrected chi connectivity index (χ4v) is 2.51. The van der Waals surface area contributed by atoms with Crippen molar-refractivity contribution in [1.82, 2.24) is 0 Å². The number of hydrogen-bond acceptors (Lipinski definition) is 2. The third kappa shape index (κ3) is 1.58. The van der Waals surface area contributed by atoms with Crippen molar-refractivity contribution >= 4 is 16.7 Å². The molecular formula is C14H17NO. The second-order valence-electron chi connectivity index (χ2n) is 4.67. The van der Waals surface area contributed by atoms with Crippen LogP contribution < -0.4 is 4.90 Å². The molecule has 0 bridgehead atoms. The zero-order valence-electron chi connectivity index (χ0n) is 9.70. The molecule has 1 saturated heterocycles. The zero-order valence-corrected chi connectivity index (χ0v) is 9.70. The van der Waals surface area contributed by atoms with Gasteiger partial charge >= 0.3 is 0 Å². The van der Waals surface area contributed by atoms with Gasteiger partial charge in [0, 0.05) is 18.5 Å². The van der Waals surface area contributed by atoms with Gasteiger partial charge in [0.1, 0.15) is 11.8 Å². The molecule has 1 aliphatic heterocycles. The first-order chi connectivity index (χ1) is 7.84. The highest BCUT2D eigenvalue weighted by Gasteiger charge is 2.15. The minimum atomic E-state index is 1.01. The van der Waals surface area contributed by atoms with Crippen LogP contribution in [0.15, 0.2) is 28.9 Å². The Bertz CT molecular complexity index is 494. The van der Waals surface area contributed by atoms with Crippen LogP contribution in [-0.2, 0) is 0 Å². The number of hydrogen-bond donors (Lipinski definition) is 0. The normalized spacial score (nSPS) is 16.9. The van der Waals surface area contributed by atoms with Gasteiger partial charge in [-0.05, 0) is 38.3 Å². The summed E-state index contributed by atoms with van der Waals surface area (Å²) in [4.78, 5) is 2.45. The first-order valence-corrected chi connectivity index (χ1v) is 6.07. The van der Waals surface area contributed by atoms with E-state index in [1.807, 2.05) is 6.26 Å². The van der Waals surface area contributed by atoms with Crippen LogP contribution in [-0.4, -0.2) is 13.1 Å². The zero-order chi connectivity index (χ0) is 11.0. The lowest BCUT2D eigenvalue weighted by atomic mass is 10.1. The Kier molecular flexibility index (Phi) is 2.35. The van der Waals surface area contributed by atoms with Crippen molar-refractivity contribution in [3.05, 3.63) is 30.0 Å². The maximum atomic E-state index is 5.62. The molecule has 0 spiro atoms. The molecule has 0 N–H and O–H groups in total. The van der Waals surface area contributed by atoms with Crippen molar-refractivity contribution in [2.24, 2.45) is 0 Å². The molecule has 1 aromatic carbocycles. The van der Waals surface area contributed by atoms with Gasteiger partial charge in [0.05, 0.1) is 5.69 Å². The van der Waals surface area contributed by atoms with Gasteiger partial charge in [0.15, 0.2) is 0 Å².